The quantitative estimate of drug-likeness (QED) is 0.154. The van der Waals surface area contributed by atoms with E-state index in [1.165, 1.54) is 96.0 Å². The van der Waals surface area contributed by atoms with Crippen LogP contribution in [0.1, 0.15) is 115 Å². The van der Waals surface area contributed by atoms with Gasteiger partial charge in [0.05, 0.1) is 11.5 Å². The normalized spacial score (nSPS) is 11.2. The lowest BCUT2D eigenvalue weighted by Crippen LogP contribution is -2.03. The third-order valence-corrected chi connectivity index (χ3v) is 6.63. The molecule has 0 aliphatic rings. The Labute approximate surface area is 197 Å². The largest absolute Gasteiger partial charge is 0.395 e. The summed E-state index contributed by atoms with van der Waals surface area (Å²) in [7, 11) is -4.11. The van der Waals surface area contributed by atoms with E-state index in [0.29, 0.717) is 13.0 Å². The van der Waals surface area contributed by atoms with Gasteiger partial charge in [0.25, 0.3) is 10.1 Å². The molecule has 1 aromatic carbocycles. The van der Waals surface area contributed by atoms with Crippen molar-refractivity contribution in [2.75, 3.05) is 13.2 Å². The van der Waals surface area contributed by atoms with Gasteiger partial charge in [-0.05, 0) is 24.5 Å². The number of unbranched alkanes of at least 4 members (excludes halogenated alkanes) is 15. The number of nitrogens with two attached hydrogens (primary N) is 1. The zero-order valence-electron chi connectivity index (χ0n) is 20.4. The molecular formula is C26H49NO4S. The molecule has 4 N–H and O–H groups in total. The molecule has 0 heterocycles. The van der Waals surface area contributed by atoms with Crippen LogP contribution >= 0.6 is 0 Å². The molecule has 5 nitrogen and oxygen atoms in total. The van der Waals surface area contributed by atoms with Crippen LogP contribution in [0.2, 0.25) is 0 Å². The molecule has 0 atom stereocenters. The van der Waals surface area contributed by atoms with E-state index in [4.69, 9.17) is 10.8 Å². The van der Waals surface area contributed by atoms with Crippen LogP contribution in [0.25, 0.3) is 0 Å². The predicted molar refractivity (Wildman–Crippen MR) is 136 cm³/mol. The molecule has 6 heteroatoms. The lowest BCUT2D eigenvalue weighted by Gasteiger charge is -2.07. The fourth-order valence-corrected chi connectivity index (χ4v) is 4.58. The van der Waals surface area contributed by atoms with E-state index in [0.717, 1.165) is 18.4 Å². The predicted octanol–water partition coefficient (Wildman–Crippen LogP) is 6.67. The van der Waals surface area contributed by atoms with Crippen molar-refractivity contribution in [1.29, 1.82) is 0 Å². The molecule has 0 saturated heterocycles. The maximum absolute atomic E-state index is 11.4. The average molecular weight is 472 g/mol. The molecule has 0 aromatic heterocycles. The van der Waals surface area contributed by atoms with Crippen LogP contribution in [0.3, 0.4) is 0 Å². The molecule has 0 radical (unpaired) electrons. The summed E-state index contributed by atoms with van der Waals surface area (Å²) in [5, 5.41) is 7.75. The van der Waals surface area contributed by atoms with Gasteiger partial charge in [0.2, 0.25) is 0 Å². The van der Waals surface area contributed by atoms with Crippen LogP contribution in [-0.2, 0) is 16.5 Å². The first-order chi connectivity index (χ1) is 15.5. The number of aliphatic hydroxyl groups excluding tert-OH is 1. The number of hydrogen-bond acceptors (Lipinski definition) is 4. The topological polar surface area (TPSA) is 101 Å². The van der Waals surface area contributed by atoms with Gasteiger partial charge in [-0.1, -0.05) is 121 Å². The Kier molecular flexibility index (Phi) is 21.2. The number of benzene rings is 1. The fraction of sp³-hybridized carbons (Fsp3) is 0.769. The Hall–Kier alpha value is -0.950. The zero-order valence-corrected chi connectivity index (χ0v) is 21.3. The first kappa shape index (κ1) is 31.0. The highest BCUT2D eigenvalue weighted by atomic mass is 32.2. The van der Waals surface area contributed by atoms with E-state index in [9.17, 15) is 13.0 Å². The number of hydrogen-bond donors (Lipinski definition) is 3. The molecule has 188 valence electrons. The molecule has 0 aliphatic carbocycles. The van der Waals surface area contributed by atoms with Crippen LogP contribution in [0.5, 0.6) is 0 Å². The van der Waals surface area contributed by atoms with Crippen molar-refractivity contribution >= 4 is 10.1 Å². The van der Waals surface area contributed by atoms with E-state index in [-0.39, 0.29) is 11.5 Å². The monoisotopic (exact) mass is 471 g/mol. The number of aliphatic hydroxyl groups is 1. The summed E-state index contributed by atoms with van der Waals surface area (Å²) in [5.41, 5.74) is 5.51. The number of rotatable bonds is 19. The Bertz CT molecular complexity index is 632. The Morgan fingerprint density at radius 1 is 0.719 bits per heavy atom. The lowest BCUT2D eigenvalue weighted by atomic mass is 10.0. The highest BCUT2D eigenvalue weighted by Gasteiger charge is 2.13. The summed E-state index contributed by atoms with van der Waals surface area (Å²) in [6.07, 6.45) is 22.0. The van der Waals surface area contributed by atoms with E-state index in [1.54, 1.807) is 12.1 Å². The van der Waals surface area contributed by atoms with E-state index < -0.39 is 10.1 Å². The summed E-state index contributed by atoms with van der Waals surface area (Å²) in [5.74, 6) is 0. The van der Waals surface area contributed by atoms with Gasteiger partial charge >= 0.3 is 0 Å². The molecular weight excluding hydrogens is 422 g/mol. The van der Waals surface area contributed by atoms with Crippen molar-refractivity contribution < 1.29 is 18.1 Å². The average Bonchev–Trinajstić information content (AvgIpc) is 2.78. The lowest BCUT2D eigenvalue weighted by molar-refractivity contribution is 0.306. The second-order valence-electron chi connectivity index (χ2n) is 8.65. The summed E-state index contributed by atoms with van der Waals surface area (Å²) >= 11 is 0. The van der Waals surface area contributed by atoms with Gasteiger partial charge in [0.15, 0.2) is 0 Å². The van der Waals surface area contributed by atoms with Gasteiger partial charge in [-0.25, -0.2) is 0 Å². The molecule has 0 fully saturated rings. The van der Waals surface area contributed by atoms with E-state index >= 15 is 0 Å². The maximum Gasteiger partial charge on any atom is 0.294 e. The minimum Gasteiger partial charge on any atom is -0.395 e. The number of aryl methyl sites for hydroxylation is 1. The molecule has 1 aromatic rings. The van der Waals surface area contributed by atoms with Gasteiger partial charge in [0.1, 0.15) is 0 Å². The fourth-order valence-electron chi connectivity index (χ4n) is 3.83. The summed E-state index contributed by atoms with van der Waals surface area (Å²) in [6, 6.07) is 6.77. The van der Waals surface area contributed by atoms with Crippen molar-refractivity contribution in [1.82, 2.24) is 0 Å². The van der Waals surface area contributed by atoms with Crippen LogP contribution in [0.15, 0.2) is 29.2 Å². The van der Waals surface area contributed by atoms with Gasteiger partial charge in [-0.3, -0.25) is 4.55 Å². The van der Waals surface area contributed by atoms with Crippen molar-refractivity contribution in [3.63, 3.8) is 0 Å². The van der Waals surface area contributed by atoms with Crippen molar-refractivity contribution in [2.24, 2.45) is 5.73 Å². The summed E-state index contributed by atoms with van der Waals surface area (Å²) < 4.78 is 32.0. The second-order valence-corrected chi connectivity index (χ2v) is 10.0. The van der Waals surface area contributed by atoms with Crippen molar-refractivity contribution in [3.05, 3.63) is 29.8 Å². The second kappa shape index (κ2) is 21.9. The summed E-state index contributed by atoms with van der Waals surface area (Å²) in [6.45, 7) is 2.74. The van der Waals surface area contributed by atoms with Gasteiger partial charge in [-0.2, -0.15) is 8.42 Å². The minimum atomic E-state index is -4.11. The maximum atomic E-state index is 11.4. The minimum absolute atomic E-state index is 0.0657. The van der Waals surface area contributed by atoms with E-state index in [2.05, 4.69) is 6.92 Å². The van der Waals surface area contributed by atoms with Crippen LogP contribution in [0, 0.1) is 0 Å². The Morgan fingerprint density at radius 3 is 1.47 bits per heavy atom. The Morgan fingerprint density at radius 2 is 1.09 bits per heavy atom. The Balaban J connectivity index is 0.00000220. The molecule has 0 unspecified atom stereocenters. The molecule has 32 heavy (non-hydrogen) atoms. The van der Waals surface area contributed by atoms with Crippen LogP contribution < -0.4 is 5.73 Å². The first-order valence-electron chi connectivity index (χ1n) is 12.8. The SMILES string of the molecule is CCCCCCCCCCCCCCCCCCc1ccccc1S(=O)(=O)O.NCCO. The van der Waals surface area contributed by atoms with Gasteiger partial charge < -0.3 is 10.8 Å². The van der Waals surface area contributed by atoms with Gasteiger partial charge in [-0.15, -0.1) is 0 Å². The highest BCUT2D eigenvalue weighted by molar-refractivity contribution is 7.85. The third kappa shape index (κ3) is 18.6. The molecule has 0 saturated carbocycles. The van der Waals surface area contributed by atoms with Crippen LogP contribution in [0.4, 0.5) is 0 Å². The molecule has 0 aliphatic heterocycles. The zero-order chi connectivity index (χ0) is 23.9. The molecule has 1 rings (SSSR count). The van der Waals surface area contributed by atoms with Crippen molar-refractivity contribution in [2.45, 2.75) is 121 Å². The first-order valence-corrected chi connectivity index (χ1v) is 14.3. The molecule has 0 amide bonds. The standard InChI is InChI=1S/C24H42O3S.C2H7NO/c1-2-3-4-5-6-7-8-9-10-11-12-13-14-15-16-17-20-23-21-18-19-22-24(23)28(25,26)27;3-1-2-4/h18-19,21-22H,2-17,20H2,1H3,(H,25,26,27);4H,1-3H2. The molecule has 0 spiro atoms. The third-order valence-electron chi connectivity index (χ3n) is 5.68. The molecule has 0 bridgehead atoms. The van der Waals surface area contributed by atoms with Gasteiger partial charge in [0, 0.05) is 6.54 Å². The van der Waals surface area contributed by atoms with Crippen molar-refractivity contribution in [3.8, 4) is 0 Å². The van der Waals surface area contributed by atoms with E-state index in [1.807, 2.05) is 6.07 Å². The highest BCUT2D eigenvalue weighted by Crippen LogP contribution is 2.19. The smallest absolute Gasteiger partial charge is 0.294 e. The van der Waals surface area contributed by atoms with Crippen LogP contribution in [-0.4, -0.2) is 31.2 Å². The summed E-state index contributed by atoms with van der Waals surface area (Å²) in [4.78, 5) is 0.0657.